The average Bonchev–Trinajstić information content (AvgIpc) is 2.78. The van der Waals surface area contributed by atoms with Gasteiger partial charge in [0.2, 0.25) is 0 Å². The third-order valence-electron chi connectivity index (χ3n) is 2.82. The monoisotopic (exact) mass is 298 g/mol. The number of nitrogens with two attached hydrogens (primary N) is 1. The van der Waals surface area contributed by atoms with Gasteiger partial charge in [0.1, 0.15) is 0 Å². The van der Waals surface area contributed by atoms with Crippen LogP contribution in [0.5, 0.6) is 0 Å². The highest BCUT2D eigenvalue weighted by atomic mass is 35.5. The second-order valence-electron chi connectivity index (χ2n) is 4.34. The quantitative estimate of drug-likeness (QED) is 0.658. The zero-order chi connectivity index (χ0) is 13.8. The smallest absolute Gasteiger partial charge is 0.0741 e. The molecule has 0 fully saturated rings. The zero-order valence-corrected chi connectivity index (χ0v) is 12.1. The van der Waals surface area contributed by atoms with Crippen molar-refractivity contribution >= 4 is 23.2 Å². The van der Waals surface area contributed by atoms with E-state index in [1.54, 1.807) is 12.3 Å². The van der Waals surface area contributed by atoms with Gasteiger partial charge in [-0.25, -0.2) is 5.43 Å². The maximum Gasteiger partial charge on any atom is 0.0741 e. The van der Waals surface area contributed by atoms with Crippen molar-refractivity contribution in [3.63, 3.8) is 0 Å². The summed E-state index contributed by atoms with van der Waals surface area (Å²) < 4.78 is 1.89. The van der Waals surface area contributed by atoms with Crippen LogP contribution >= 0.6 is 23.2 Å². The molecule has 0 aliphatic carbocycles. The number of benzene rings is 1. The molecule has 0 aliphatic heterocycles. The number of aryl methyl sites for hydroxylation is 1. The van der Waals surface area contributed by atoms with Crippen molar-refractivity contribution in [2.75, 3.05) is 0 Å². The Kier molecular flexibility index (Phi) is 4.82. The number of hydrazine groups is 1. The first-order valence-electron chi connectivity index (χ1n) is 6.08. The number of aromatic nitrogens is 2. The molecule has 4 nitrogen and oxygen atoms in total. The zero-order valence-electron chi connectivity index (χ0n) is 10.6. The lowest BCUT2D eigenvalue weighted by molar-refractivity contribution is 0.598. The van der Waals surface area contributed by atoms with Gasteiger partial charge in [-0.3, -0.25) is 10.5 Å². The summed E-state index contributed by atoms with van der Waals surface area (Å²) in [6, 6.07) is 5.20. The number of nitrogens with one attached hydrogen (secondary N) is 1. The van der Waals surface area contributed by atoms with E-state index < -0.39 is 0 Å². The van der Waals surface area contributed by atoms with E-state index >= 15 is 0 Å². The van der Waals surface area contributed by atoms with Gasteiger partial charge in [-0.05, 0) is 30.2 Å². The van der Waals surface area contributed by atoms with E-state index in [-0.39, 0.29) is 6.04 Å². The minimum Gasteiger partial charge on any atom is -0.272 e. The predicted molar refractivity (Wildman–Crippen MR) is 78.1 cm³/mol. The van der Waals surface area contributed by atoms with Crippen LogP contribution in [0, 0.1) is 0 Å². The molecule has 6 heteroatoms. The van der Waals surface area contributed by atoms with Gasteiger partial charge in [-0.1, -0.05) is 30.1 Å². The highest BCUT2D eigenvalue weighted by Gasteiger charge is 2.15. The summed E-state index contributed by atoms with van der Waals surface area (Å²) in [6.45, 7) is 2.99. The van der Waals surface area contributed by atoms with Crippen LogP contribution in [0.25, 0.3) is 0 Å². The fourth-order valence-corrected chi connectivity index (χ4v) is 2.55. The second kappa shape index (κ2) is 6.39. The van der Waals surface area contributed by atoms with Crippen LogP contribution in [-0.4, -0.2) is 9.78 Å². The van der Waals surface area contributed by atoms with E-state index in [0.29, 0.717) is 10.0 Å². The molecule has 3 N–H and O–H groups in total. The Morgan fingerprint density at radius 1 is 1.26 bits per heavy atom. The van der Waals surface area contributed by atoms with Crippen molar-refractivity contribution in [2.24, 2.45) is 5.84 Å². The van der Waals surface area contributed by atoms with Crippen LogP contribution in [0.3, 0.4) is 0 Å². The molecule has 19 heavy (non-hydrogen) atoms. The summed E-state index contributed by atoms with van der Waals surface area (Å²) in [5.74, 6) is 5.65. The lowest BCUT2D eigenvalue weighted by Gasteiger charge is -2.15. The third kappa shape index (κ3) is 3.48. The maximum absolute atomic E-state index is 6.02. The molecule has 1 heterocycles. The lowest BCUT2D eigenvalue weighted by Crippen LogP contribution is -2.28. The Labute approximate surface area is 122 Å². The van der Waals surface area contributed by atoms with Crippen LogP contribution in [-0.2, 0) is 6.54 Å². The molecular formula is C13H16Cl2N4. The number of nitrogens with zero attached hydrogens (tertiary/aromatic N) is 2. The SMILES string of the molecule is CCCn1cc(C(NN)c2cc(Cl)cc(Cl)c2)cn1. The van der Waals surface area contributed by atoms with Crippen molar-refractivity contribution in [1.29, 1.82) is 0 Å². The molecule has 1 atom stereocenters. The molecule has 0 spiro atoms. The largest absolute Gasteiger partial charge is 0.272 e. The van der Waals surface area contributed by atoms with Crippen LogP contribution < -0.4 is 11.3 Å². The van der Waals surface area contributed by atoms with Crippen molar-refractivity contribution in [3.05, 3.63) is 51.8 Å². The highest BCUT2D eigenvalue weighted by Crippen LogP contribution is 2.27. The number of halogens is 2. The molecule has 0 saturated carbocycles. The second-order valence-corrected chi connectivity index (χ2v) is 5.21. The molecule has 2 rings (SSSR count). The van der Waals surface area contributed by atoms with Gasteiger partial charge in [0.15, 0.2) is 0 Å². The molecule has 102 valence electrons. The van der Waals surface area contributed by atoms with Crippen molar-refractivity contribution in [3.8, 4) is 0 Å². The number of hydrogen-bond donors (Lipinski definition) is 2. The molecule has 0 saturated heterocycles. The van der Waals surface area contributed by atoms with Gasteiger partial charge in [0, 0.05) is 28.4 Å². The molecule has 0 bridgehead atoms. The summed E-state index contributed by atoms with van der Waals surface area (Å²) in [4.78, 5) is 0. The Morgan fingerprint density at radius 2 is 1.95 bits per heavy atom. The summed E-state index contributed by atoms with van der Waals surface area (Å²) in [6.07, 6.45) is 4.81. The van der Waals surface area contributed by atoms with E-state index in [2.05, 4.69) is 17.4 Å². The van der Waals surface area contributed by atoms with Gasteiger partial charge in [0.25, 0.3) is 0 Å². The third-order valence-corrected chi connectivity index (χ3v) is 3.26. The van der Waals surface area contributed by atoms with Gasteiger partial charge in [0.05, 0.1) is 12.2 Å². The summed E-state index contributed by atoms with van der Waals surface area (Å²) in [7, 11) is 0. The Morgan fingerprint density at radius 3 is 2.53 bits per heavy atom. The molecule has 1 aromatic heterocycles. The fraction of sp³-hybridized carbons (Fsp3) is 0.308. The summed E-state index contributed by atoms with van der Waals surface area (Å²) in [5, 5.41) is 5.47. The highest BCUT2D eigenvalue weighted by molar-refractivity contribution is 6.34. The van der Waals surface area contributed by atoms with E-state index in [4.69, 9.17) is 29.0 Å². The first kappa shape index (κ1) is 14.3. The predicted octanol–water partition coefficient (Wildman–Crippen LogP) is 3.15. The number of rotatable bonds is 5. The van der Waals surface area contributed by atoms with Crippen molar-refractivity contribution in [1.82, 2.24) is 15.2 Å². The number of hydrogen-bond acceptors (Lipinski definition) is 3. The molecule has 0 amide bonds. The van der Waals surface area contributed by atoms with Gasteiger partial charge in [-0.15, -0.1) is 0 Å². The Balaban J connectivity index is 2.32. The van der Waals surface area contributed by atoms with E-state index in [1.807, 2.05) is 23.0 Å². The Bertz CT molecular complexity index is 533. The van der Waals surface area contributed by atoms with E-state index in [9.17, 15) is 0 Å². The molecule has 1 unspecified atom stereocenters. The minimum atomic E-state index is -0.179. The van der Waals surface area contributed by atoms with Crippen molar-refractivity contribution in [2.45, 2.75) is 25.9 Å². The van der Waals surface area contributed by atoms with Crippen LogP contribution in [0.15, 0.2) is 30.6 Å². The maximum atomic E-state index is 6.02. The average molecular weight is 299 g/mol. The normalized spacial score (nSPS) is 12.6. The molecule has 0 aliphatic rings. The van der Waals surface area contributed by atoms with E-state index in [1.165, 1.54) is 0 Å². The molecule has 2 aromatic rings. The summed E-state index contributed by atoms with van der Waals surface area (Å²) in [5.41, 5.74) is 4.67. The lowest BCUT2D eigenvalue weighted by atomic mass is 10.0. The minimum absolute atomic E-state index is 0.179. The topological polar surface area (TPSA) is 55.9 Å². The molecular weight excluding hydrogens is 283 g/mol. The molecule has 1 aromatic carbocycles. The van der Waals surface area contributed by atoms with Gasteiger partial charge < -0.3 is 0 Å². The van der Waals surface area contributed by atoms with Crippen molar-refractivity contribution < 1.29 is 0 Å². The standard InChI is InChI=1S/C13H16Cl2N4/c1-2-3-19-8-10(7-17-19)13(18-16)9-4-11(14)6-12(15)5-9/h4-8,13,18H,2-3,16H2,1H3. The Hall–Kier alpha value is -1.07. The van der Waals surface area contributed by atoms with Gasteiger partial charge >= 0.3 is 0 Å². The summed E-state index contributed by atoms with van der Waals surface area (Å²) >= 11 is 12.0. The first-order valence-corrected chi connectivity index (χ1v) is 6.84. The van der Waals surface area contributed by atoms with E-state index in [0.717, 1.165) is 24.1 Å². The van der Waals surface area contributed by atoms with Crippen LogP contribution in [0.2, 0.25) is 10.0 Å². The van der Waals surface area contributed by atoms with Gasteiger partial charge in [-0.2, -0.15) is 5.10 Å². The van der Waals surface area contributed by atoms with Crippen LogP contribution in [0.1, 0.15) is 30.5 Å². The molecule has 0 radical (unpaired) electrons. The first-order chi connectivity index (χ1) is 9.13. The van der Waals surface area contributed by atoms with Crippen LogP contribution in [0.4, 0.5) is 0 Å². The fourth-order valence-electron chi connectivity index (χ4n) is 2.01.